The highest BCUT2D eigenvalue weighted by atomic mass is 16.4. The fourth-order valence-corrected chi connectivity index (χ4v) is 2.34. The first-order valence-corrected chi connectivity index (χ1v) is 6.85. The normalized spacial score (nSPS) is 13.6. The molecule has 2 rings (SSSR count). The number of aliphatic hydroxyl groups is 1. The molecule has 5 N–H and O–H groups in total. The van der Waals surface area contributed by atoms with Gasteiger partial charge in [0.2, 0.25) is 0 Å². The third-order valence-electron chi connectivity index (χ3n) is 3.55. The van der Waals surface area contributed by atoms with Crippen LogP contribution in [0.3, 0.4) is 0 Å². The number of carbonyl (C=O) groups is 1. The van der Waals surface area contributed by atoms with Gasteiger partial charge >= 0.3 is 5.97 Å². The van der Waals surface area contributed by atoms with E-state index in [0.29, 0.717) is 6.42 Å². The third-order valence-corrected chi connectivity index (χ3v) is 3.55. The van der Waals surface area contributed by atoms with Crippen LogP contribution in [0.25, 0.3) is 10.9 Å². The molecule has 1 unspecified atom stereocenters. The average molecular weight is 288 g/mol. The van der Waals surface area contributed by atoms with Crippen molar-refractivity contribution >= 4 is 16.9 Å². The number of aliphatic carboxylic acids is 1. The topological polar surface area (TPSA) is 99.3 Å². The Hall–Kier alpha value is -2.11. The lowest BCUT2D eigenvalue weighted by Gasteiger charge is -2.08. The van der Waals surface area contributed by atoms with E-state index in [1.165, 1.54) is 0 Å². The first-order valence-electron chi connectivity index (χ1n) is 6.85. The van der Waals surface area contributed by atoms with E-state index in [1.807, 2.05) is 37.4 Å². The van der Waals surface area contributed by atoms with Crippen molar-refractivity contribution in [2.75, 3.05) is 6.61 Å². The van der Waals surface area contributed by atoms with E-state index >= 15 is 0 Å². The van der Waals surface area contributed by atoms with Gasteiger partial charge in [-0.3, -0.25) is 4.79 Å². The molecule has 0 fully saturated rings. The van der Waals surface area contributed by atoms with Crippen molar-refractivity contribution in [2.24, 2.45) is 5.73 Å². The summed E-state index contributed by atoms with van der Waals surface area (Å²) >= 11 is 0. The monoisotopic (exact) mass is 288 g/mol. The Morgan fingerprint density at radius 2 is 2.19 bits per heavy atom. The Morgan fingerprint density at radius 1 is 1.43 bits per heavy atom. The first kappa shape index (κ1) is 15.3. The van der Waals surface area contributed by atoms with Gasteiger partial charge in [-0.1, -0.05) is 23.8 Å². The number of aromatic nitrogens is 1. The lowest BCUT2D eigenvalue weighted by molar-refractivity contribution is -0.138. The molecule has 0 radical (unpaired) electrons. The molecule has 1 heterocycles. The molecular weight excluding hydrogens is 268 g/mol. The van der Waals surface area contributed by atoms with Crippen molar-refractivity contribution in [1.82, 2.24) is 4.98 Å². The average Bonchev–Trinajstić information content (AvgIpc) is 2.88. The Morgan fingerprint density at radius 3 is 2.86 bits per heavy atom. The molecular formula is C16H20N2O3. The summed E-state index contributed by atoms with van der Waals surface area (Å²) in [6.45, 7) is 1.92. The number of H-pyrrole nitrogens is 1. The number of hydrogen-bond donors (Lipinski definition) is 4. The minimum atomic E-state index is -1.00. The zero-order valence-corrected chi connectivity index (χ0v) is 12.0. The first-order chi connectivity index (χ1) is 10.0. The maximum atomic E-state index is 10.9. The molecule has 0 aliphatic rings. The number of nitrogens with two attached hydrogens (primary N) is 1. The standard InChI is InChI=1S/C16H20N2O3/c1-10(9-19)5-6-11-3-2-4-14-15(11)12(8-18-14)7-13(17)16(20)21/h2-5,8,13,18-19H,6-7,9,17H2,1H3,(H,20,21). The number of carboxylic acids is 1. The number of allylic oxidation sites excluding steroid dienone is 1. The van der Waals surface area contributed by atoms with E-state index in [-0.39, 0.29) is 13.0 Å². The number of aliphatic hydroxyl groups excluding tert-OH is 1. The molecule has 1 aromatic heterocycles. The van der Waals surface area contributed by atoms with Crippen LogP contribution < -0.4 is 5.73 Å². The molecule has 0 aliphatic carbocycles. The van der Waals surface area contributed by atoms with Gasteiger partial charge in [-0.2, -0.15) is 0 Å². The number of aromatic amines is 1. The SMILES string of the molecule is CC(=CCc1cccc2[nH]cc(CC(N)C(=O)O)c12)CO. The van der Waals surface area contributed by atoms with Crippen molar-refractivity contribution < 1.29 is 15.0 Å². The maximum absolute atomic E-state index is 10.9. The van der Waals surface area contributed by atoms with Gasteiger partial charge in [0.25, 0.3) is 0 Å². The van der Waals surface area contributed by atoms with Gasteiger partial charge in [-0.25, -0.2) is 0 Å². The summed E-state index contributed by atoms with van der Waals surface area (Å²) in [5.74, 6) is -1.00. The van der Waals surface area contributed by atoms with E-state index in [0.717, 1.165) is 27.6 Å². The number of rotatable bonds is 6. The molecule has 1 aromatic carbocycles. The summed E-state index contributed by atoms with van der Waals surface area (Å²) in [4.78, 5) is 14.1. The highest BCUT2D eigenvalue weighted by Gasteiger charge is 2.16. The molecule has 0 aliphatic heterocycles. The molecule has 5 nitrogen and oxygen atoms in total. The van der Waals surface area contributed by atoms with Gasteiger partial charge in [-0.15, -0.1) is 0 Å². The molecule has 112 valence electrons. The van der Waals surface area contributed by atoms with Crippen LogP contribution in [0.1, 0.15) is 18.1 Å². The highest BCUT2D eigenvalue weighted by Crippen LogP contribution is 2.24. The fraction of sp³-hybridized carbons (Fsp3) is 0.312. The smallest absolute Gasteiger partial charge is 0.320 e. The summed E-state index contributed by atoms with van der Waals surface area (Å²) in [5.41, 5.74) is 9.51. The van der Waals surface area contributed by atoms with Crippen molar-refractivity contribution in [3.8, 4) is 0 Å². The summed E-state index contributed by atoms with van der Waals surface area (Å²) in [6, 6.07) is 5.01. The van der Waals surface area contributed by atoms with Crippen LogP contribution in [-0.4, -0.2) is 33.8 Å². The van der Waals surface area contributed by atoms with E-state index in [2.05, 4.69) is 4.98 Å². The Balaban J connectivity index is 2.37. The number of carboxylic acid groups (broad SMARTS) is 1. The molecule has 0 saturated heterocycles. The zero-order valence-electron chi connectivity index (χ0n) is 12.0. The molecule has 21 heavy (non-hydrogen) atoms. The summed E-state index contributed by atoms with van der Waals surface area (Å²) in [7, 11) is 0. The lowest BCUT2D eigenvalue weighted by atomic mass is 9.99. The van der Waals surface area contributed by atoms with Crippen LogP contribution in [-0.2, 0) is 17.6 Å². The molecule has 0 saturated carbocycles. The maximum Gasteiger partial charge on any atom is 0.320 e. The Bertz CT molecular complexity index is 673. The second kappa shape index (κ2) is 6.56. The number of nitrogens with one attached hydrogen (secondary N) is 1. The number of hydrogen-bond acceptors (Lipinski definition) is 3. The fourth-order valence-electron chi connectivity index (χ4n) is 2.34. The summed E-state index contributed by atoms with van der Waals surface area (Å²) in [5, 5.41) is 19.0. The molecule has 1 atom stereocenters. The van der Waals surface area contributed by atoms with Crippen LogP contribution in [0.15, 0.2) is 36.0 Å². The van der Waals surface area contributed by atoms with E-state index in [4.69, 9.17) is 15.9 Å². The molecule has 2 aromatic rings. The largest absolute Gasteiger partial charge is 0.480 e. The van der Waals surface area contributed by atoms with Gasteiger partial charge in [0, 0.05) is 23.5 Å². The van der Waals surface area contributed by atoms with Crippen molar-refractivity contribution in [3.05, 3.63) is 47.2 Å². The predicted octanol–water partition coefficient (Wildman–Crippen LogP) is 1.60. The molecule has 0 spiro atoms. The van der Waals surface area contributed by atoms with Crippen LogP contribution in [0.4, 0.5) is 0 Å². The predicted molar refractivity (Wildman–Crippen MR) is 82.2 cm³/mol. The zero-order chi connectivity index (χ0) is 15.4. The number of benzene rings is 1. The molecule has 0 amide bonds. The van der Waals surface area contributed by atoms with Crippen LogP contribution >= 0.6 is 0 Å². The quantitative estimate of drug-likeness (QED) is 0.607. The van der Waals surface area contributed by atoms with Crippen molar-refractivity contribution in [2.45, 2.75) is 25.8 Å². The summed E-state index contributed by atoms with van der Waals surface area (Å²) in [6.07, 6.45) is 4.77. The summed E-state index contributed by atoms with van der Waals surface area (Å²) < 4.78 is 0. The van der Waals surface area contributed by atoms with Crippen LogP contribution in [0.5, 0.6) is 0 Å². The van der Waals surface area contributed by atoms with E-state index in [1.54, 1.807) is 0 Å². The highest BCUT2D eigenvalue weighted by molar-refractivity contribution is 5.87. The van der Waals surface area contributed by atoms with Crippen molar-refractivity contribution in [1.29, 1.82) is 0 Å². The Kier molecular flexibility index (Phi) is 4.77. The van der Waals surface area contributed by atoms with Gasteiger partial charge in [0.1, 0.15) is 6.04 Å². The van der Waals surface area contributed by atoms with Gasteiger partial charge < -0.3 is 20.9 Å². The second-order valence-electron chi connectivity index (χ2n) is 5.22. The third kappa shape index (κ3) is 3.51. The van der Waals surface area contributed by atoms with Gasteiger partial charge in [-0.05, 0) is 30.5 Å². The van der Waals surface area contributed by atoms with Crippen LogP contribution in [0, 0.1) is 0 Å². The number of fused-ring (bicyclic) bond motifs is 1. The van der Waals surface area contributed by atoms with Gasteiger partial charge in [0.05, 0.1) is 6.61 Å². The van der Waals surface area contributed by atoms with Crippen LogP contribution in [0.2, 0.25) is 0 Å². The van der Waals surface area contributed by atoms with E-state index < -0.39 is 12.0 Å². The van der Waals surface area contributed by atoms with E-state index in [9.17, 15) is 4.79 Å². The lowest BCUT2D eigenvalue weighted by Crippen LogP contribution is -2.32. The minimum absolute atomic E-state index is 0.0415. The van der Waals surface area contributed by atoms with Crippen molar-refractivity contribution in [3.63, 3.8) is 0 Å². The second-order valence-corrected chi connectivity index (χ2v) is 5.22. The minimum Gasteiger partial charge on any atom is -0.480 e. The van der Waals surface area contributed by atoms with Gasteiger partial charge in [0.15, 0.2) is 0 Å². The Labute approximate surface area is 123 Å². The molecule has 5 heteroatoms. The molecule has 0 bridgehead atoms.